The molecule has 5 nitrogen and oxygen atoms in total. The summed E-state index contributed by atoms with van der Waals surface area (Å²) in [5.74, 6) is 0. The number of hydrogen-bond acceptors (Lipinski definition) is 4. The molecule has 0 aromatic heterocycles. The summed E-state index contributed by atoms with van der Waals surface area (Å²) in [4.78, 5) is 2.65. The molecule has 30 heavy (non-hydrogen) atoms. The average Bonchev–Trinajstić information content (AvgIpc) is 3.17. The maximum atomic E-state index is 12.6. The number of nitrogens with one attached hydrogen (secondary N) is 1. The Balaban J connectivity index is 1.61. The Kier molecular flexibility index (Phi) is 7.65. The first kappa shape index (κ1) is 22.5. The van der Waals surface area contributed by atoms with Crippen LogP contribution in [-0.4, -0.2) is 39.0 Å². The Morgan fingerprint density at radius 1 is 1.07 bits per heavy atom. The van der Waals surface area contributed by atoms with Crippen molar-refractivity contribution < 1.29 is 8.42 Å². The van der Waals surface area contributed by atoms with Crippen molar-refractivity contribution in [2.75, 3.05) is 19.6 Å². The van der Waals surface area contributed by atoms with E-state index in [0.29, 0.717) is 19.0 Å². The SMILES string of the molecule is CCCN(CCC)[C@@H]1Cc2ccc(CCNS(=O)(=O)c3ccccc3C#N)cc2C1. The minimum atomic E-state index is -3.70. The molecule has 3 rings (SSSR count). The van der Waals surface area contributed by atoms with E-state index < -0.39 is 10.0 Å². The van der Waals surface area contributed by atoms with Gasteiger partial charge in [0.25, 0.3) is 0 Å². The lowest BCUT2D eigenvalue weighted by molar-refractivity contribution is 0.202. The van der Waals surface area contributed by atoms with Crippen molar-refractivity contribution in [1.82, 2.24) is 9.62 Å². The van der Waals surface area contributed by atoms with Crippen LogP contribution >= 0.6 is 0 Å². The van der Waals surface area contributed by atoms with Crippen LogP contribution in [-0.2, 0) is 29.3 Å². The van der Waals surface area contributed by atoms with Gasteiger partial charge in [0.05, 0.1) is 10.5 Å². The van der Waals surface area contributed by atoms with Gasteiger partial charge in [-0.25, -0.2) is 13.1 Å². The number of benzene rings is 2. The molecule has 0 unspecified atom stereocenters. The Morgan fingerprint density at radius 2 is 1.77 bits per heavy atom. The number of sulfonamides is 1. The number of hydrogen-bond donors (Lipinski definition) is 1. The van der Waals surface area contributed by atoms with Gasteiger partial charge in [-0.3, -0.25) is 4.90 Å². The molecule has 0 radical (unpaired) electrons. The van der Waals surface area contributed by atoms with Crippen molar-refractivity contribution in [2.24, 2.45) is 0 Å². The fourth-order valence-corrected chi connectivity index (χ4v) is 5.50. The van der Waals surface area contributed by atoms with E-state index in [1.165, 1.54) is 36.1 Å². The second kappa shape index (κ2) is 10.2. The zero-order chi connectivity index (χ0) is 21.6. The van der Waals surface area contributed by atoms with Gasteiger partial charge in [0.1, 0.15) is 6.07 Å². The zero-order valence-electron chi connectivity index (χ0n) is 17.9. The van der Waals surface area contributed by atoms with Crippen LogP contribution in [0.2, 0.25) is 0 Å². The van der Waals surface area contributed by atoms with E-state index in [9.17, 15) is 8.42 Å². The largest absolute Gasteiger partial charge is 0.300 e. The molecule has 0 saturated carbocycles. The Morgan fingerprint density at radius 3 is 2.47 bits per heavy atom. The summed E-state index contributed by atoms with van der Waals surface area (Å²) in [5, 5.41) is 9.16. The lowest BCUT2D eigenvalue weighted by atomic mass is 10.0. The van der Waals surface area contributed by atoms with Gasteiger partial charge in [-0.1, -0.05) is 44.2 Å². The highest BCUT2D eigenvalue weighted by atomic mass is 32.2. The highest BCUT2D eigenvalue weighted by molar-refractivity contribution is 7.89. The summed E-state index contributed by atoms with van der Waals surface area (Å²) in [7, 11) is -3.70. The lowest BCUT2D eigenvalue weighted by Gasteiger charge is -2.27. The molecular weight excluding hydrogens is 394 g/mol. The molecule has 2 aromatic rings. The highest BCUT2D eigenvalue weighted by Crippen LogP contribution is 2.27. The molecule has 6 heteroatoms. The van der Waals surface area contributed by atoms with Crippen molar-refractivity contribution in [2.45, 2.75) is 56.9 Å². The van der Waals surface area contributed by atoms with Gasteiger partial charge >= 0.3 is 0 Å². The molecular formula is C24H31N3O2S. The molecule has 1 aliphatic rings. The Bertz CT molecular complexity index is 1010. The molecule has 0 bridgehead atoms. The molecule has 0 spiro atoms. The van der Waals surface area contributed by atoms with Gasteiger partial charge in [0, 0.05) is 12.6 Å². The summed E-state index contributed by atoms with van der Waals surface area (Å²) >= 11 is 0. The van der Waals surface area contributed by atoms with Crippen LogP contribution in [0.15, 0.2) is 47.4 Å². The van der Waals surface area contributed by atoms with E-state index in [-0.39, 0.29) is 10.5 Å². The topological polar surface area (TPSA) is 73.2 Å². The summed E-state index contributed by atoms with van der Waals surface area (Å²) in [6.45, 7) is 7.07. The van der Waals surface area contributed by atoms with E-state index in [4.69, 9.17) is 5.26 Å². The molecule has 160 valence electrons. The normalized spacial score (nSPS) is 15.9. The van der Waals surface area contributed by atoms with Crippen molar-refractivity contribution in [1.29, 1.82) is 5.26 Å². The van der Waals surface area contributed by atoms with E-state index >= 15 is 0 Å². The van der Waals surface area contributed by atoms with Crippen molar-refractivity contribution in [3.05, 3.63) is 64.7 Å². The minimum absolute atomic E-state index is 0.0382. The standard InChI is InChI=1S/C24H31N3O2S/c1-3-13-27(14-4-2)23-16-20-10-9-19(15-22(20)17-23)11-12-26-30(28,29)24-8-6-5-7-21(24)18-25/h5-10,15,23,26H,3-4,11-14,16-17H2,1-2H3/t23-/m1/s1. The van der Waals surface area contributed by atoms with Crippen LogP contribution < -0.4 is 4.72 Å². The maximum Gasteiger partial charge on any atom is 0.241 e. The molecule has 0 saturated heterocycles. The fraction of sp³-hybridized carbons (Fsp3) is 0.458. The second-order valence-electron chi connectivity index (χ2n) is 7.96. The summed E-state index contributed by atoms with van der Waals surface area (Å²) in [6, 6.07) is 15.4. The third-order valence-electron chi connectivity index (χ3n) is 5.72. The van der Waals surface area contributed by atoms with Gasteiger partial charge in [-0.2, -0.15) is 5.26 Å². The van der Waals surface area contributed by atoms with Gasteiger partial charge in [0.15, 0.2) is 0 Å². The smallest absolute Gasteiger partial charge is 0.241 e. The van der Waals surface area contributed by atoms with Crippen LogP contribution in [0.3, 0.4) is 0 Å². The quantitative estimate of drug-likeness (QED) is 0.630. The molecule has 0 amide bonds. The van der Waals surface area contributed by atoms with E-state index in [0.717, 1.165) is 31.5 Å². The van der Waals surface area contributed by atoms with Crippen LogP contribution in [0.4, 0.5) is 0 Å². The predicted molar refractivity (Wildman–Crippen MR) is 120 cm³/mol. The molecule has 0 heterocycles. The molecule has 1 atom stereocenters. The van der Waals surface area contributed by atoms with Gasteiger partial charge in [0.2, 0.25) is 10.0 Å². The summed E-state index contributed by atoms with van der Waals surface area (Å²) in [5.41, 5.74) is 4.12. The van der Waals surface area contributed by atoms with Gasteiger partial charge < -0.3 is 0 Å². The first-order valence-electron chi connectivity index (χ1n) is 10.8. The van der Waals surface area contributed by atoms with Crippen LogP contribution in [0.5, 0.6) is 0 Å². The third kappa shape index (κ3) is 5.28. The van der Waals surface area contributed by atoms with Gasteiger partial charge in [-0.15, -0.1) is 0 Å². The third-order valence-corrected chi connectivity index (χ3v) is 7.24. The first-order valence-corrected chi connectivity index (χ1v) is 12.3. The number of fused-ring (bicyclic) bond motifs is 1. The second-order valence-corrected chi connectivity index (χ2v) is 9.69. The fourth-order valence-electron chi connectivity index (χ4n) is 4.31. The molecule has 1 N–H and O–H groups in total. The number of nitriles is 1. The number of rotatable bonds is 10. The highest BCUT2D eigenvalue weighted by Gasteiger charge is 2.26. The molecule has 1 aliphatic carbocycles. The van der Waals surface area contributed by atoms with E-state index in [2.05, 4.69) is 41.7 Å². The van der Waals surface area contributed by atoms with E-state index in [1.807, 2.05) is 6.07 Å². The van der Waals surface area contributed by atoms with Crippen LogP contribution in [0.25, 0.3) is 0 Å². The summed E-state index contributed by atoms with van der Waals surface area (Å²) < 4.78 is 27.8. The van der Waals surface area contributed by atoms with Crippen molar-refractivity contribution in [3.8, 4) is 6.07 Å². The zero-order valence-corrected chi connectivity index (χ0v) is 18.7. The Labute approximate surface area is 180 Å². The van der Waals surface area contributed by atoms with Crippen molar-refractivity contribution >= 4 is 10.0 Å². The lowest BCUT2D eigenvalue weighted by Crippen LogP contribution is -2.37. The average molecular weight is 426 g/mol. The monoisotopic (exact) mass is 425 g/mol. The predicted octanol–water partition coefficient (Wildman–Crippen LogP) is 3.67. The van der Waals surface area contributed by atoms with Crippen molar-refractivity contribution in [3.63, 3.8) is 0 Å². The van der Waals surface area contributed by atoms with Crippen LogP contribution in [0.1, 0.15) is 48.9 Å². The summed E-state index contributed by atoms with van der Waals surface area (Å²) in [6.07, 6.45) is 5.15. The molecule has 2 aromatic carbocycles. The minimum Gasteiger partial charge on any atom is -0.300 e. The van der Waals surface area contributed by atoms with Gasteiger partial charge in [-0.05, 0) is 74.0 Å². The molecule has 0 fully saturated rings. The Hall–Kier alpha value is -2.20. The van der Waals surface area contributed by atoms with Crippen LogP contribution in [0, 0.1) is 11.3 Å². The maximum absolute atomic E-state index is 12.6. The first-order chi connectivity index (χ1) is 14.5. The molecule has 0 aliphatic heterocycles. The van der Waals surface area contributed by atoms with E-state index in [1.54, 1.807) is 12.1 Å². The number of nitrogens with zero attached hydrogens (tertiary/aromatic N) is 2.